The van der Waals surface area contributed by atoms with Crippen molar-refractivity contribution in [2.24, 2.45) is 0 Å². The minimum Gasteiger partial charge on any atom is -0.367 e. The average molecular weight is 221 g/mol. The highest BCUT2D eigenvalue weighted by atomic mass is 16.2. The SMILES string of the molecule is CC(=O)N1CCN(c2ccc(=O)[nH]c2)CC1. The zero-order valence-electron chi connectivity index (χ0n) is 9.27. The van der Waals surface area contributed by atoms with E-state index >= 15 is 0 Å². The molecule has 0 bridgehead atoms. The van der Waals surface area contributed by atoms with Gasteiger partial charge in [-0.3, -0.25) is 9.59 Å². The van der Waals surface area contributed by atoms with Crippen LogP contribution in [0.15, 0.2) is 23.1 Å². The van der Waals surface area contributed by atoms with Gasteiger partial charge >= 0.3 is 0 Å². The second kappa shape index (κ2) is 4.38. The van der Waals surface area contributed by atoms with Gasteiger partial charge in [0.25, 0.3) is 0 Å². The largest absolute Gasteiger partial charge is 0.367 e. The van der Waals surface area contributed by atoms with Crippen LogP contribution >= 0.6 is 0 Å². The first-order valence-corrected chi connectivity index (χ1v) is 5.36. The number of aromatic nitrogens is 1. The van der Waals surface area contributed by atoms with Crippen molar-refractivity contribution < 1.29 is 4.79 Å². The van der Waals surface area contributed by atoms with E-state index in [9.17, 15) is 9.59 Å². The summed E-state index contributed by atoms with van der Waals surface area (Å²) in [7, 11) is 0. The number of nitrogens with zero attached hydrogens (tertiary/aromatic N) is 2. The zero-order chi connectivity index (χ0) is 11.5. The normalized spacial score (nSPS) is 16.3. The number of hydrogen-bond acceptors (Lipinski definition) is 3. The fourth-order valence-electron chi connectivity index (χ4n) is 1.88. The molecule has 2 rings (SSSR count). The van der Waals surface area contributed by atoms with E-state index in [1.807, 2.05) is 11.0 Å². The van der Waals surface area contributed by atoms with Gasteiger partial charge < -0.3 is 14.8 Å². The summed E-state index contributed by atoms with van der Waals surface area (Å²) in [5.41, 5.74) is 0.911. The van der Waals surface area contributed by atoms with Gasteiger partial charge in [0.15, 0.2) is 0 Å². The molecule has 0 spiro atoms. The van der Waals surface area contributed by atoms with Crippen molar-refractivity contribution in [3.05, 3.63) is 28.7 Å². The van der Waals surface area contributed by atoms with E-state index in [0.717, 1.165) is 31.9 Å². The summed E-state index contributed by atoms with van der Waals surface area (Å²) >= 11 is 0. The molecule has 1 amide bonds. The van der Waals surface area contributed by atoms with E-state index in [1.54, 1.807) is 13.1 Å². The van der Waals surface area contributed by atoms with Crippen LogP contribution in [0.3, 0.4) is 0 Å². The summed E-state index contributed by atoms with van der Waals surface area (Å²) in [5.74, 6) is 0.126. The Morgan fingerprint density at radius 2 is 1.94 bits per heavy atom. The molecule has 0 unspecified atom stereocenters. The van der Waals surface area contributed by atoms with Crippen molar-refractivity contribution in [2.75, 3.05) is 31.1 Å². The van der Waals surface area contributed by atoms with Gasteiger partial charge in [-0.25, -0.2) is 0 Å². The molecule has 5 nitrogen and oxygen atoms in total. The Balaban J connectivity index is 2.01. The van der Waals surface area contributed by atoms with Gasteiger partial charge in [-0.1, -0.05) is 0 Å². The van der Waals surface area contributed by atoms with Gasteiger partial charge in [0.1, 0.15) is 0 Å². The summed E-state index contributed by atoms with van der Waals surface area (Å²) in [5, 5.41) is 0. The summed E-state index contributed by atoms with van der Waals surface area (Å²) in [6, 6.07) is 3.33. The summed E-state index contributed by atoms with van der Waals surface area (Å²) in [6.07, 6.45) is 1.71. The molecule has 86 valence electrons. The van der Waals surface area contributed by atoms with Crippen molar-refractivity contribution in [3.8, 4) is 0 Å². The average Bonchev–Trinajstić information content (AvgIpc) is 2.30. The first-order valence-electron chi connectivity index (χ1n) is 5.36. The van der Waals surface area contributed by atoms with Gasteiger partial charge in [-0.05, 0) is 6.07 Å². The lowest BCUT2D eigenvalue weighted by Crippen LogP contribution is -2.48. The second-order valence-corrected chi connectivity index (χ2v) is 3.90. The van der Waals surface area contributed by atoms with E-state index in [0.29, 0.717) is 0 Å². The van der Waals surface area contributed by atoms with E-state index in [-0.39, 0.29) is 11.5 Å². The quantitative estimate of drug-likeness (QED) is 0.728. The Hall–Kier alpha value is -1.78. The van der Waals surface area contributed by atoms with Crippen molar-refractivity contribution in [1.82, 2.24) is 9.88 Å². The van der Waals surface area contributed by atoms with Gasteiger partial charge in [-0.15, -0.1) is 0 Å². The molecule has 1 saturated heterocycles. The van der Waals surface area contributed by atoms with E-state index in [4.69, 9.17) is 0 Å². The Bertz CT molecular complexity index is 413. The second-order valence-electron chi connectivity index (χ2n) is 3.90. The molecule has 1 aliphatic rings. The van der Waals surface area contributed by atoms with Crippen LogP contribution in [0.4, 0.5) is 5.69 Å². The molecular weight excluding hydrogens is 206 g/mol. The van der Waals surface area contributed by atoms with Crippen LogP contribution in [0.5, 0.6) is 0 Å². The van der Waals surface area contributed by atoms with Crippen LogP contribution in [0.25, 0.3) is 0 Å². The number of pyridine rings is 1. The first-order chi connectivity index (χ1) is 7.66. The Morgan fingerprint density at radius 1 is 1.25 bits per heavy atom. The zero-order valence-corrected chi connectivity index (χ0v) is 9.27. The fourth-order valence-corrected chi connectivity index (χ4v) is 1.88. The molecule has 16 heavy (non-hydrogen) atoms. The molecule has 0 aromatic carbocycles. The van der Waals surface area contributed by atoms with Crippen LogP contribution in [-0.4, -0.2) is 42.0 Å². The van der Waals surface area contributed by atoms with Gasteiger partial charge in [-0.2, -0.15) is 0 Å². The number of rotatable bonds is 1. The highest BCUT2D eigenvalue weighted by Crippen LogP contribution is 2.13. The maximum Gasteiger partial charge on any atom is 0.248 e. The first kappa shape index (κ1) is 10.7. The minimum atomic E-state index is -0.0916. The lowest BCUT2D eigenvalue weighted by atomic mass is 10.3. The predicted molar refractivity (Wildman–Crippen MR) is 61.5 cm³/mol. The number of carbonyl (C=O) groups excluding carboxylic acids is 1. The number of aromatic amines is 1. The van der Waals surface area contributed by atoms with Crippen LogP contribution in [-0.2, 0) is 4.79 Å². The third-order valence-corrected chi connectivity index (χ3v) is 2.86. The van der Waals surface area contributed by atoms with E-state index in [2.05, 4.69) is 9.88 Å². The number of anilines is 1. The lowest BCUT2D eigenvalue weighted by molar-refractivity contribution is -0.129. The molecule has 2 heterocycles. The third-order valence-electron chi connectivity index (χ3n) is 2.86. The smallest absolute Gasteiger partial charge is 0.248 e. The number of amides is 1. The standard InChI is InChI=1S/C11H15N3O2/c1-9(15)13-4-6-14(7-5-13)10-2-3-11(16)12-8-10/h2-3,8H,4-7H2,1H3,(H,12,16). The summed E-state index contributed by atoms with van der Waals surface area (Å²) in [4.78, 5) is 28.7. The molecule has 1 N–H and O–H groups in total. The molecule has 5 heteroatoms. The fraction of sp³-hybridized carbons (Fsp3) is 0.455. The topological polar surface area (TPSA) is 56.4 Å². The van der Waals surface area contributed by atoms with Gasteiger partial charge in [0.2, 0.25) is 11.5 Å². The molecule has 0 radical (unpaired) electrons. The van der Waals surface area contributed by atoms with Crippen LogP contribution in [0.1, 0.15) is 6.92 Å². The molecule has 0 aliphatic carbocycles. The van der Waals surface area contributed by atoms with Gasteiger partial charge in [0, 0.05) is 45.4 Å². The molecule has 1 aliphatic heterocycles. The van der Waals surface area contributed by atoms with E-state index < -0.39 is 0 Å². The maximum absolute atomic E-state index is 11.1. The molecule has 1 aromatic rings. The van der Waals surface area contributed by atoms with Crippen molar-refractivity contribution in [2.45, 2.75) is 6.92 Å². The molecule has 1 aromatic heterocycles. The Labute approximate surface area is 93.7 Å². The third kappa shape index (κ3) is 2.24. The molecule has 1 fully saturated rings. The molecule has 0 saturated carbocycles. The van der Waals surface area contributed by atoms with Gasteiger partial charge in [0.05, 0.1) is 5.69 Å². The summed E-state index contributed by atoms with van der Waals surface area (Å²) in [6.45, 7) is 4.70. The Morgan fingerprint density at radius 3 is 2.44 bits per heavy atom. The van der Waals surface area contributed by atoms with Crippen molar-refractivity contribution in [1.29, 1.82) is 0 Å². The minimum absolute atomic E-state index is 0.0916. The molecule has 0 atom stereocenters. The van der Waals surface area contributed by atoms with Crippen LogP contribution in [0.2, 0.25) is 0 Å². The molecular formula is C11H15N3O2. The Kier molecular flexibility index (Phi) is 2.94. The predicted octanol–water partition coefficient (Wildman–Crippen LogP) is 0.0434. The highest BCUT2D eigenvalue weighted by molar-refractivity contribution is 5.73. The maximum atomic E-state index is 11.1. The number of H-pyrrole nitrogens is 1. The van der Waals surface area contributed by atoms with E-state index in [1.165, 1.54) is 6.07 Å². The summed E-state index contributed by atoms with van der Waals surface area (Å²) < 4.78 is 0. The van der Waals surface area contributed by atoms with Crippen LogP contribution < -0.4 is 10.5 Å². The number of carbonyl (C=O) groups is 1. The number of piperazine rings is 1. The highest BCUT2D eigenvalue weighted by Gasteiger charge is 2.18. The number of nitrogens with one attached hydrogen (secondary N) is 1. The monoisotopic (exact) mass is 221 g/mol. The number of hydrogen-bond donors (Lipinski definition) is 1. The van der Waals surface area contributed by atoms with Crippen molar-refractivity contribution in [3.63, 3.8) is 0 Å². The van der Waals surface area contributed by atoms with Crippen LogP contribution in [0, 0.1) is 0 Å². The lowest BCUT2D eigenvalue weighted by Gasteiger charge is -2.35. The van der Waals surface area contributed by atoms with Crippen molar-refractivity contribution >= 4 is 11.6 Å².